The monoisotopic (exact) mass is 526 g/mol. The number of hydrogen-bond acceptors (Lipinski definition) is 5. The van der Waals surface area contributed by atoms with Gasteiger partial charge in [0.05, 0.1) is 6.21 Å². The maximum atomic E-state index is 6.25. The van der Waals surface area contributed by atoms with Gasteiger partial charge in [-0.3, -0.25) is 0 Å². The summed E-state index contributed by atoms with van der Waals surface area (Å²) in [5.41, 5.74) is 2.99. The van der Waals surface area contributed by atoms with E-state index >= 15 is 0 Å². The van der Waals surface area contributed by atoms with Gasteiger partial charge >= 0.3 is 0 Å². The molecule has 0 bridgehead atoms. The molecule has 0 N–H and O–H groups in total. The van der Waals surface area contributed by atoms with E-state index in [1.54, 1.807) is 22.7 Å². The minimum absolute atomic E-state index is 0.379. The van der Waals surface area contributed by atoms with E-state index < -0.39 is 0 Å². The Balaban J connectivity index is 1.48. The van der Waals surface area contributed by atoms with Crippen LogP contribution < -0.4 is 4.74 Å². The standard InChI is InChI=1S/C24H20BrClN4OS/c1-17-28-29-24(32-16-18-10-12-21(25)13-11-18)30(17)27-14-19-6-3-5-9-23(19)31-15-20-7-2-4-8-22(20)26/h2-14H,15-16H2,1H3/b27-14+. The van der Waals surface area contributed by atoms with Crippen molar-refractivity contribution in [3.63, 3.8) is 0 Å². The molecule has 0 radical (unpaired) electrons. The number of aromatic nitrogens is 3. The molecule has 4 rings (SSSR count). The largest absolute Gasteiger partial charge is 0.488 e. The number of ether oxygens (including phenoxy) is 1. The van der Waals surface area contributed by atoms with Crippen LogP contribution in [-0.2, 0) is 12.4 Å². The Hall–Kier alpha value is -2.61. The summed E-state index contributed by atoms with van der Waals surface area (Å²) in [7, 11) is 0. The fourth-order valence-electron chi connectivity index (χ4n) is 2.90. The topological polar surface area (TPSA) is 52.3 Å². The molecular formula is C24H20BrClN4OS. The number of rotatable bonds is 8. The van der Waals surface area contributed by atoms with Crippen molar-refractivity contribution in [2.75, 3.05) is 0 Å². The van der Waals surface area contributed by atoms with Crippen molar-refractivity contribution in [3.05, 3.63) is 105 Å². The van der Waals surface area contributed by atoms with E-state index in [9.17, 15) is 0 Å². The maximum absolute atomic E-state index is 6.25. The van der Waals surface area contributed by atoms with Crippen LogP contribution in [0.5, 0.6) is 5.75 Å². The van der Waals surface area contributed by atoms with Crippen LogP contribution in [0.1, 0.15) is 22.5 Å². The van der Waals surface area contributed by atoms with Crippen LogP contribution in [-0.4, -0.2) is 21.1 Å². The molecule has 1 aromatic heterocycles. The van der Waals surface area contributed by atoms with Gasteiger partial charge in [0.1, 0.15) is 12.4 Å². The van der Waals surface area contributed by atoms with Crippen LogP contribution in [0.15, 0.2) is 87.5 Å². The predicted molar refractivity (Wildman–Crippen MR) is 134 cm³/mol. The lowest BCUT2D eigenvalue weighted by Gasteiger charge is -2.10. The summed E-state index contributed by atoms with van der Waals surface area (Å²) >= 11 is 11.3. The Labute approximate surface area is 204 Å². The molecule has 0 unspecified atom stereocenters. The van der Waals surface area contributed by atoms with Gasteiger partial charge < -0.3 is 4.74 Å². The molecule has 0 aliphatic heterocycles. The van der Waals surface area contributed by atoms with Crippen LogP contribution in [0.3, 0.4) is 0 Å². The first-order valence-electron chi connectivity index (χ1n) is 9.89. The number of benzene rings is 3. The molecule has 3 aromatic carbocycles. The minimum atomic E-state index is 0.379. The van der Waals surface area contributed by atoms with Crippen LogP contribution in [0.2, 0.25) is 5.02 Å². The number of thioether (sulfide) groups is 1. The first-order valence-corrected chi connectivity index (χ1v) is 12.0. The number of nitrogens with zero attached hydrogens (tertiary/aromatic N) is 4. The molecule has 0 amide bonds. The van der Waals surface area contributed by atoms with Gasteiger partial charge in [0.25, 0.3) is 0 Å². The number of para-hydroxylation sites is 1. The van der Waals surface area contributed by atoms with E-state index in [1.807, 2.05) is 67.6 Å². The molecule has 0 atom stereocenters. The van der Waals surface area contributed by atoms with Crippen molar-refractivity contribution in [2.24, 2.45) is 5.10 Å². The fraction of sp³-hybridized carbons (Fsp3) is 0.125. The highest BCUT2D eigenvalue weighted by Crippen LogP contribution is 2.24. The van der Waals surface area contributed by atoms with Gasteiger partial charge in [-0.15, -0.1) is 10.2 Å². The summed E-state index contributed by atoms with van der Waals surface area (Å²) in [6, 6.07) is 23.6. The smallest absolute Gasteiger partial charge is 0.212 e. The van der Waals surface area contributed by atoms with Crippen molar-refractivity contribution >= 4 is 45.5 Å². The van der Waals surface area contributed by atoms with E-state index in [4.69, 9.17) is 16.3 Å². The Morgan fingerprint density at radius 1 is 1.03 bits per heavy atom. The Kier molecular flexibility index (Phi) is 7.63. The molecule has 0 saturated carbocycles. The second-order valence-electron chi connectivity index (χ2n) is 6.92. The molecule has 4 aromatic rings. The van der Waals surface area contributed by atoms with E-state index in [0.29, 0.717) is 17.5 Å². The van der Waals surface area contributed by atoms with E-state index in [2.05, 4.69) is 43.4 Å². The number of halogens is 2. The van der Waals surface area contributed by atoms with Gasteiger partial charge in [0.2, 0.25) is 5.16 Å². The van der Waals surface area contributed by atoms with Crippen molar-refractivity contribution in [1.29, 1.82) is 0 Å². The van der Waals surface area contributed by atoms with E-state index in [0.717, 1.165) is 32.3 Å². The fourth-order valence-corrected chi connectivity index (χ4v) is 4.24. The third-order valence-electron chi connectivity index (χ3n) is 4.62. The lowest BCUT2D eigenvalue weighted by atomic mass is 10.2. The second kappa shape index (κ2) is 10.8. The molecule has 5 nitrogen and oxygen atoms in total. The molecule has 0 spiro atoms. The molecule has 0 fully saturated rings. The molecule has 0 aliphatic rings. The summed E-state index contributed by atoms with van der Waals surface area (Å²) < 4.78 is 8.83. The molecule has 0 aliphatic carbocycles. The first kappa shape index (κ1) is 22.6. The minimum Gasteiger partial charge on any atom is -0.488 e. The van der Waals surface area contributed by atoms with Crippen LogP contribution in [0.4, 0.5) is 0 Å². The Morgan fingerprint density at radius 3 is 2.59 bits per heavy atom. The summed E-state index contributed by atoms with van der Waals surface area (Å²) in [6.07, 6.45) is 1.77. The molecule has 1 heterocycles. The van der Waals surface area contributed by atoms with Crippen molar-refractivity contribution in [2.45, 2.75) is 24.4 Å². The highest BCUT2D eigenvalue weighted by atomic mass is 79.9. The zero-order valence-corrected chi connectivity index (χ0v) is 20.4. The van der Waals surface area contributed by atoms with Gasteiger partial charge in [-0.25, -0.2) is 0 Å². The SMILES string of the molecule is Cc1nnc(SCc2ccc(Br)cc2)n1/N=C/c1ccccc1OCc1ccccc1Cl. The van der Waals surface area contributed by atoms with Gasteiger partial charge in [-0.05, 0) is 42.8 Å². The quantitative estimate of drug-likeness (QED) is 0.188. The summed E-state index contributed by atoms with van der Waals surface area (Å²) in [5.74, 6) is 2.22. The molecule has 8 heteroatoms. The Morgan fingerprint density at radius 2 is 1.78 bits per heavy atom. The van der Waals surface area contributed by atoms with Crippen LogP contribution in [0.25, 0.3) is 0 Å². The summed E-state index contributed by atoms with van der Waals surface area (Å²) in [5, 5.41) is 14.5. The van der Waals surface area contributed by atoms with E-state index in [-0.39, 0.29) is 0 Å². The van der Waals surface area contributed by atoms with Gasteiger partial charge in [0.15, 0.2) is 5.82 Å². The first-order chi connectivity index (χ1) is 15.6. The van der Waals surface area contributed by atoms with Crippen molar-refractivity contribution in [3.8, 4) is 5.75 Å². The highest BCUT2D eigenvalue weighted by molar-refractivity contribution is 9.10. The van der Waals surface area contributed by atoms with Gasteiger partial charge in [0, 0.05) is 26.4 Å². The van der Waals surface area contributed by atoms with Gasteiger partial charge in [-0.1, -0.05) is 81.8 Å². The predicted octanol–water partition coefficient (Wildman–Crippen LogP) is 6.76. The van der Waals surface area contributed by atoms with Crippen LogP contribution >= 0.6 is 39.3 Å². The summed E-state index contributed by atoms with van der Waals surface area (Å²) in [4.78, 5) is 0. The lowest BCUT2D eigenvalue weighted by molar-refractivity contribution is 0.306. The zero-order valence-electron chi connectivity index (χ0n) is 17.3. The maximum Gasteiger partial charge on any atom is 0.212 e. The number of hydrogen-bond donors (Lipinski definition) is 0. The van der Waals surface area contributed by atoms with Crippen molar-refractivity contribution < 1.29 is 4.74 Å². The zero-order chi connectivity index (χ0) is 22.3. The van der Waals surface area contributed by atoms with Gasteiger partial charge in [-0.2, -0.15) is 9.78 Å². The molecule has 162 valence electrons. The molecular weight excluding hydrogens is 508 g/mol. The Bertz CT molecular complexity index is 1230. The van der Waals surface area contributed by atoms with Crippen molar-refractivity contribution in [1.82, 2.24) is 14.9 Å². The van der Waals surface area contributed by atoms with E-state index in [1.165, 1.54) is 5.56 Å². The molecule has 0 saturated heterocycles. The average Bonchev–Trinajstić information content (AvgIpc) is 3.16. The normalized spacial score (nSPS) is 11.2. The molecule has 32 heavy (non-hydrogen) atoms. The average molecular weight is 528 g/mol. The number of aryl methyl sites for hydroxylation is 1. The second-order valence-corrected chi connectivity index (χ2v) is 9.18. The van der Waals surface area contributed by atoms with Crippen LogP contribution in [0, 0.1) is 6.92 Å². The third kappa shape index (κ3) is 5.79. The summed E-state index contributed by atoms with van der Waals surface area (Å²) in [6.45, 7) is 2.26. The highest BCUT2D eigenvalue weighted by Gasteiger charge is 2.10. The third-order valence-corrected chi connectivity index (χ3v) is 6.51. The lowest BCUT2D eigenvalue weighted by Crippen LogP contribution is -2.00.